The third kappa shape index (κ3) is 7.14. The second kappa shape index (κ2) is 11.3. The monoisotopic (exact) mass is 435 g/mol. The molecule has 0 saturated carbocycles. The number of sulfonamides is 1. The SMILES string of the molecule is CCOc1ccc(NC(=O)CNC(=O)c2ccc(S(=O)(=O)NCCOC)cc2)cc1. The van der Waals surface area contributed by atoms with E-state index in [1.54, 1.807) is 24.3 Å². The minimum atomic E-state index is -3.68. The molecule has 0 saturated heterocycles. The highest BCUT2D eigenvalue weighted by molar-refractivity contribution is 7.89. The van der Waals surface area contributed by atoms with Gasteiger partial charge in [0.15, 0.2) is 0 Å². The first-order chi connectivity index (χ1) is 14.4. The fraction of sp³-hybridized carbons (Fsp3) is 0.300. The van der Waals surface area contributed by atoms with Crippen LogP contribution < -0.4 is 20.1 Å². The molecule has 0 radical (unpaired) electrons. The minimum absolute atomic E-state index is 0.0309. The Morgan fingerprint density at radius 2 is 1.67 bits per heavy atom. The highest BCUT2D eigenvalue weighted by atomic mass is 32.2. The lowest BCUT2D eigenvalue weighted by Gasteiger charge is -2.09. The van der Waals surface area contributed by atoms with Gasteiger partial charge in [0, 0.05) is 24.9 Å². The molecule has 10 heteroatoms. The molecule has 3 N–H and O–H groups in total. The van der Waals surface area contributed by atoms with Gasteiger partial charge in [-0.1, -0.05) is 0 Å². The molecule has 0 aliphatic heterocycles. The van der Waals surface area contributed by atoms with E-state index >= 15 is 0 Å². The Morgan fingerprint density at radius 1 is 1.00 bits per heavy atom. The topological polar surface area (TPSA) is 123 Å². The fourth-order valence-corrected chi connectivity index (χ4v) is 3.43. The first kappa shape index (κ1) is 23.3. The zero-order valence-corrected chi connectivity index (χ0v) is 17.6. The summed E-state index contributed by atoms with van der Waals surface area (Å²) in [4.78, 5) is 24.2. The average molecular weight is 436 g/mol. The molecule has 0 spiro atoms. The van der Waals surface area contributed by atoms with Crippen LogP contribution in [-0.4, -0.2) is 53.6 Å². The molecule has 2 aromatic carbocycles. The predicted molar refractivity (Wildman–Crippen MR) is 112 cm³/mol. The van der Waals surface area contributed by atoms with Crippen molar-refractivity contribution in [2.75, 3.05) is 38.7 Å². The van der Waals surface area contributed by atoms with Crippen molar-refractivity contribution >= 4 is 27.5 Å². The zero-order chi connectivity index (χ0) is 22.0. The Labute approximate surface area is 175 Å². The van der Waals surface area contributed by atoms with Gasteiger partial charge >= 0.3 is 0 Å². The molecule has 0 unspecified atom stereocenters. The number of hydrogen-bond donors (Lipinski definition) is 3. The van der Waals surface area contributed by atoms with Crippen LogP contribution in [0.25, 0.3) is 0 Å². The van der Waals surface area contributed by atoms with Crippen molar-refractivity contribution in [3.8, 4) is 5.75 Å². The predicted octanol–water partition coefficient (Wildman–Crippen LogP) is 1.38. The van der Waals surface area contributed by atoms with E-state index < -0.39 is 21.8 Å². The van der Waals surface area contributed by atoms with Crippen molar-refractivity contribution in [1.82, 2.24) is 10.0 Å². The Kier molecular flexibility index (Phi) is 8.78. The highest BCUT2D eigenvalue weighted by Crippen LogP contribution is 2.15. The summed E-state index contributed by atoms with van der Waals surface area (Å²) in [6.45, 7) is 2.59. The maximum atomic E-state index is 12.2. The molecule has 0 fully saturated rings. The number of rotatable bonds is 11. The van der Waals surface area contributed by atoms with Crippen LogP contribution in [0.15, 0.2) is 53.4 Å². The van der Waals surface area contributed by atoms with Crippen molar-refractivity contribution in [3.63, 3.8) is 0 Å². The second-order valence-corrected chi connectivity index (χ2v) is 7.87. The molecule has 0 heterocycles. The first-order valence-electron chi connectivity index (χ1n) is 9.25. The maximum absolute atomic E-state index is 12.2. The van der Waals surface area contributed by atoms with Crippen molar-refractivity contribution in [2.24, 2.45) is 0 Å². The van der Waals surface area contributed by atoms with Crippen molar-refractivity contribution in [1.29, 1.82) is 0 Å². The van der Waals surface area contributed by atoms with Gasteiger partial charge in [-0.15, -0.1) is 0 Å². The summed E-state index contributed by atoms with van der Waals surface area (Å²) >= 11 is 0. The highest BCUT2D eigenvalue weighted by Gasteiger charge is 2.15. The number of ether oxygens (including phenoxy) is 2. The number of carbonyl (C=O) groups excluding carboxylic acids is 2. The molecular formula is C20H25N3O6S. The van der Waals surface area contributed by atoms with Crippen molar-refractivity contribution in [2.45, 2.75) is 11.8 Å². The number of amides is 2. The van der Waals surface area contributed by atoms with E-state index in [0.717, 1.165) is 0 Å². The van der Waals surface area contributed by atoms with E-state index in [9.17, 15) is 18.0 Å². The van der Waals surface area contributed by atoms with Gasteiger partial charge in [0.2, 0.25) is 15.9 Å². The van der Waals surface area contributed by atoms with Gasteiger partial charge in [0.25, 0.3) is 5.91 Å². The van der Waals surface area contributed by atoms with Gasteiger partial charge in [-0.05, 0) is 55.5 Å². The van der Waals surface area contributed by atoms with E-state index in [0.29, 0.717) is 18.0 Å². The third-order valence-corrected chi connectivity index (χ3v) is 5.36. The summed E-state index contributed by atoms with van der Waals surface area (Å²) < 4.78 is 36.7. The van der Waals surface area contributed by atoms with Crippen LogP contribution in [0, 0.1) is 0 Å². The van der Waals surface area contributed by atoms with Crippen LogP contribution in [0.4, 0.5) is 5.69 Å². The molecule has 0 aliphatic carbocycles. The van der Waals surface area contributed by atoms with Crippen LogP contribution >= 0.6 is 0 Å². The van der Waals surface area contributed by atoms with Crippen molar-refractivity contribution < 1.29 is 27.5 Å². The smallest absolute Gasteiger partial charge is 0.251 e. The summed E-state index contributed by atoms with van der Waals surface area (Å²) in [5, 5.41) is 5.16. The summed E-state index contributed by atoms with van der Waals surface area (Å²) in [7, 11) is -2.20. The zero-order valence-electron chi connectivity index (χ0n) is 16.8. The molecule has 2 aromatic rings. The molecular weight excluding hydrogens is 410 g/mol. The number of nitrogens with one attached hydrogen (secondary N) is 3. The number of carbonyl (C=O) groups is 2. The minimum Gasteiger partial charge on any atom is -0.494 e. The van der Waals surface area contributed by atoms with E-state index in [1.165, 1.54) is 31.4 Å². The molecule has 162 valence electrons. The Bertz CT molecular complexity index is 944. The fourth-order valence-electron chi connectivity index (χ4n) is 2.42. The lowest BCUT2D eigenvalue weighted by molar-refractivity contribution is -0.115. The van der Waals surface area contributed by atoms with Crippen LogP contribution in [0.3, 0.4) is 0 Å². The van der Waals surface area contributed by atoms with E-state index in [1.807, 2.05) is 6.92 Å². The Morgan fingerprint density at radius 3 is 2.27 bits per heavy atom. The quantitative estimate of drug-likeness (QED) is 0.458. The van der Waals surface area contributed by atoms with Gasteiger partial charge in [-0.3, -0.25) is 9.59 Å². The molecule has 0 aromatic heterocycles. The van der Waals surface area contributed by atoms with Gasteiger partial charge in [-0.2, -0.15) is 0 Å². The van der Waals surface area contributed by atoms with Crippen LogP contribution in [-0.2, 0) is 19.6 Å². The number of anilines is 1. The van der Waals surface area contributed by atoms with E-state index in [4.69, 9.17) is 9.47 Å². The molecule has 0 bridgehead atoms. The molecule has 2 rings (SSSR count). The van der Waals surface area contributed by atoms with Gasteiger partial charge < -0.3 is 20.1 Å². The largest absolute Gasteiger partial charge is 0.494 e. The second-order valence-electron chi connectivity index (χ2n) is 6.10. The van der Waals surface area contributed by atoms with Gasteiger partial charge in [-0.25, -0.2) is 13.1 Å². The van der Waals surface area contributed by atoms with Crippen LogP contribution in [0.1, 0.15) is 17.3 Å². The number of benzene rings is 2. The molecule has 0 aliphatic rings. The summed E-state index contributed by atoms with van der Waals surface area (Å²) in [5.41, 5.74) is 0.813. The summed E-state index contributed by atoms with van der Waals surface area (Å²) in [6.07, 6.45) is 0. The lowest BCUT2D eigenvalue weighted by Crippen LogP contribution is -2.33. The number of hydrogen-bond acceptors (Lipinski definition) is 6. The first-order valence-corrected chi connectivity index (χ1v) is 10.7. The van der Waals surface area contributed by atoms with E-state index in [-0.39, 0.29) is 30.2 Å². The van der Waals surface area contributed by atoms with Crippen LogP contribution in [0.2, 0.25) is 0 Å². The van der Waals surface area contributed by atoms with Crippen LogP contribution in [0.5, 0.6) is 5.75 Å². The standard InChI is InChI=1S/C20H25N3O6S/c1-3-29-17-8-6-16(7-9-17)23-19(24)14-21-20(25)15-4-10-18(11-5-15)30(26,27)22-12-13-28-2/h4-11,22H,3,12-14H2,1-2H3,(H,21,25)(H,23,24). The average Bonchev–Trinajstić information content (AvgIpc) is 2.74. The summed E-state index contributed by atoms with van der Waals surface area (Å²) in [6, 6.07) is 12.3. The Hall–Kier alpha value is -2.95. The lowest BCUT2D eigenvalue weighted by atomic mass is 10.2. The summed E-state index contributed by atoms with van der Waals surface area (Å²) in [5.74, 6) is -0.189. The molecule has 2 amide bonds. The third-order valence-electron chi connectivity index (χ3n) is 3.88. The van der Waals surface area contributed by atoms with Gasteiger partial charge in [0.1, 0.15) is 5.75 Å². The normalized spacial score (nSPS) is 11.0. The van der Waals surface area contributed by atoms with E-state index in [2.05, 4.69) is 15.4 Å². The van der Waals surface area contributed by atoms with Gasteiger partial charge in [0.05, 0.1) is 24.7 Å². The van der Waals surface area contributed by atoms with Crippen molar-refractivity contribution in [3.05, 3.63) is 54.1 Å². The molecule has 30 heavy (non-hydrogen) atoms. The molecule has 9 nitrogen and oxygen atoms in total. The molecule has 0 atom stereocenters. The number of methoxy groups -OCH3 is 1. The maximum Gasteiger partial charge on any atom is 0.251 e. The Balaban J connectivity index is 1.86.